The molecule has 1 unspecified atom stereocenters. The molecule has 0 aliphatic rings. The second-order valence-corrected chi connectivity index (χ2v) is 3.72. The highest BCUT2D eigenvalue weighted by Crippen LogP contribution is 2.10. The number of aliphatic hydroxyl groups is 1. The van der Waals surface area contributed by atoms with E-state index < -0.39 is 0 Å². The van der Waals surface area contributed by atoms with Crippen molar-refractivity contribution in [2.45, 2.75) is 26.4 Å². The van der Waals surface area contributed by atoms with Crippen molar-refractivity contribution in [2.24, 2.45) is 0 Å². The zero-order valence-electron chi connectivity index (χ0n) is 9.12. The standard InChI is InChI=1S/C12H16N2O/c1-9-5-11(6-13)3-4-12(9)7-14-10(2)8-15/h3-5,10,14-15H,7-8H2,1-2H3. The van der Waals surface area contributed by atoms with Gasteiger partial charge in [-0.2, -0.15) is 5.26 Å². The second kappa shape index (κ2) is 5.50. The molecule has 0 amide bonds. The van der Waals surface area contributed by atoms with Gasteiger partial charge in [0.2, 0.25) is 0 Å². The Morgan fingerprint density at radius 1 is 1.53 bits per heavy atom. The topological polar surface area (TPSA) is 56.0 Å². The van der Waals surface area contributed by atoms with Crippen LogP contribution in [-0.4, -0.2) is 17.8 Å². The average Bonchev–Trinajstić information content (AvgIpc) is 2.26. The van der Waals surface area contributed by atoms with Crippen LogP contribution in [0.25, 0.3) is 0 Å². The number of hydrogen-bond acceptors (Lipinski definition) is 3. The Hall–Kier alpha value is -1.37. The van der Waals surface area contributed by atoms with Gasteiger partial charge >= 0.3 is 0 Å². The van der Waals surface area contributed by atoms with E-state index in [0.29, 0.717) is 5.56 Å². The van der Waals surface area contributed by atoms with Gasteiger partial charge < -0.3 is 10.4 Å². The van der Waals surface area contributed by atoms with Gasteiger partial charge in [-0.15, -0.1) is 0 Å². The Balaban J connectivity index is 2.67. The van der Waals surface area contributed by atoms with E-state index in [-0.39, 0.29) is 12.6 Å². The fraction of sp³-hybridized carbons (Fsp3) is 0.417. The summed E-state index contributed by atoms with van der Waals surface area (Å²) in [5, 5.41) is 20.8. The first-order valence-corrected chi connectivity index (χ1v) is 5.01. The van der Waals surface area contributed by atoms with Crippen molar-refractivity contribution in [3.63, 3.8) is 0 Å². The summed E-state index contributed by atoms with van der Waals surface area (Å²) in [6, 6.07) is 7.85. The molecule has 15 heavy (non-hydrogen) atoms. The van der Waals surface area contributed by atoms with Crippen LogP contribution in [0.1, 0.15) is 23.6 Å². The van der Waals surface area contributed by atoms with Crippen molar-refractivity contribution in [1.29, 1.82) is 5.26 Å². The molecule has 0 fully saturated rings. The second-order valence-electron chi connectivity index (χ2n) is 3.72. The third kappa shape index (κ3) is 3.35. The lowest BCUT2D eigenvalue weighted by molar-refractivity contribution is 0.251. The normalized spacial score (nSPS) is 12.1. The smallest absolute Gasteiger partial charge is 0.0991 e. The maximum atomic E-state index is 8.86. The number of benzene rings is 1. The average molecular weight is 204 g/mol. The summed E-state index contributed by atoms with van der Waals surface area (Å²) in [4.78, 5) is 0. The molecule has 1 aromatic rings. The third-order valence-electron chi connectivity index (χ3n) is 2.39. The van der Waals surface area contributed by atoms with Gasteiger partial charge in [-0.1, -0.05) is 6.07 Å². The van der Waals surface area contributed by atoms with Crippen molar-refractivity contribution in [2.75, 3.05) is 6.61 Å². The number of aliphatic hydroxyl groups excluding tert-OH is 1. The summed E-state index contributed by atoms with van der Waals surface area (Å²) in [6.45, 7) is 4.77. The Kier molecular flexibility index (Phi) is 4.29. The van der Waals surface area contributed by atoms with E-state index in [1.54, 1.807) is 0 Å². The Bertz CT molecular complexity index is 368. The minimum atomic E-state index is 0.0973. The molecule has 1 atom stereocenters. The van der Waals surface area contributed by atoms with Crippen LogP contribution in [0.2, 0.25) is 0 Å². The maximum Gasteiger partial charge on any atom is 0.0991 e. The van der Waals surface area contributed by atoms with Crippen LogP contribution in [0.15, 0.2) is 18.2 Å². The van der Waals surface area contributed by atoms with E-state index >= 15 is 0 Å². The molecule has 0 aliphatic carbocycles. The van der Waals surface area contributed by atoms with E-state index in [1.807, 2.05) is 32.0 Å². The van der Waals surface area contributed by atoms with Crippen molar-refractivity contribution in [3.05, 3.63) is 34.9 Å². The molecule has 0 spiro atoms. The van der Waals surface area contributed by atoms with Gasteiger partial charge in [-0.3, -0.25) is 0 Å². The number of nitrogens with zero attached hydrogens (tertiary/aromatic N) is 1. The van der Waals surface area contributed by atoms with E-state index in [1.165, 1.54) is 0 Å². The molecule has 1 rings (SSSR count). The van der Waals surface area contributed by atoms with Gasteiger partial charge in [-0.05, 0) is 37.1 Å². The molecule has 0 heterocycles. The lowest BCUT2D eigenvalue weighted by Gasteiger charge is -2.12. The first kappa shape index (κ1) is 11.7. The van der Waals surface area contributed by atoms with Crippen LogP contribution < -0.4 is 5.32 Å². The van der Waals surface area contributed by atoms with Crippen molar-refractivity contribution in [3.8, 4) is 6.07 Å². The largest absolute Gasteiger partial charge is 0.395 e. The lowest BCUT2D eigenvalue weighted by Crippen LogP contribution is -2.28. The molecular formula is C12H16N2O. The molecule has 3 nitrogen and oxygen atoms in total. The fourth-order valence-corrected chi connectivity index (χ4v) is 1.31. The summed E-state index contributed by atoms with van der Waals surface area (Å²) < 4.78 is 0. The van der Waals surface area contributed by atoms with E-state index in [2.05, 4.69) is 11.4 Å². The first-order chi connectivity index (χ1) is 7.17. The molecule has 0 saturated heterocycles. The Morgan fingerprint density at radius 2 is 2.27 bits per heavy atom. The highest BCUT2D eigenvalue weighted by Gasteiger charge is 2.02. The van der Waals surface area contributed by atoms with Crippen LogP contribution in [0.5, 0.6) is 0 Å². The predicted octanol–water partition coefficient (Wildman–Crippen LogP) is 1.34. The van der Waals surface area contributed by atoms with Gasteiger partial charge in [0, 0.05) is 12.6 Å². The van der Waals surface area contributed by atoms with Crippen LogP contribution in [0, 0.1) is 18.3 Å². The molecular weight excluding hydrogens is 188 g/mol. The van der Waals surface area contributed by atoms with Gasteiger partial charge in [0.15, 0.2) is 0 Å². The quantitative estimate of drug-likeness (QED) is 0.778. The van der Waals surface area contributed by atoms with Gasteiger partial charge in [-0.25, -0.2) is 0 Å². The molecule has 0 radical (unpaired) electrons. The number of aryl methyl sites for hydroxylation is 1. The van der Waals surface area contributed by atoms with Crippen molar-refractivity contribution < 1.29 is 5.11 Å². The highest BCUT2D eigenvalue weighted by atomic mass is 16.3. The molecule has 3 heteroatoms. The molecule has 0 aromatic heterocycles. The predicted molar refractivity (Wildman–Crippen MR) is 59.3 cm³/mol. The van der Waals surface area contributed by atoms with Crippen molar-refractivity contribution in [1.82, 2.24) is 5.32 Å². The summed E-state index contributed by atoms with van der Waals surface area (Å²) in [5.74, 6) is 0. The molecule has 1 aromatic carbocycles. The minimum absolute atomic E-state index is 0.0973. The van der Waals surface area contributed by atoms with Crippen LogP contribution >= 0.6 is 0 Å². The number of hydrogen-bond donors (Lipinski definition) is 2. The van der Waals surface area contributed by atoms with Gasteiger partial charge in [0.1, 0.15) is 0 Å². The number of rotatable bonds is 4. The van der Waals surface area contributed by atoms with Gasteiger partial charge in [0.25, 0.3) is 0 Å². The first-order valence-electron chi connectivity index (χ1n) is 5.01. The summed E-state index contributed by atoms with van der Waals surface area (Å²) >= 11 is 0. The zero-order chi connectivity index (χ0) is 11.3. The summed E-state index contributed by atoms with van der Waals surface area (Å²) in [7, 11) is 0. The zero-order valence-corrected chi connectivity index (χ0v) is 9.12. The Labute approximate surface area is 90.4 Å². The van der Waals surface area contributed by atoms with E-state index in [9.17, 15) is 0 Å². The lowest BCUT2D eigenvalue weighted by atomic mass is 10.1. The number of nitrogens with one attached hydrogen (secondary N) is 1. The molecule has 80 valence electrons. The maximum absolute atomic E-state index is 8.86. The van der Waals surface area contributed by atoms with Crippen LogP contribution in [-0.2, 0) is 6.54 Å². The number of nitriles is 1. The molecule has 0 saturated carbocycles. The van der Waals surface area contributed by atoms with Crippen LogP contribution in [0.4, 0.5) is 0 Å². The molecule has 0 bridgehead atoms. The molecule has 0 aliphatic heterocycles. The summed E-state index contributed by atoms with van der Waals surface area (Å²) in [6.07, 6.45) is 0. The summed E-state index contributed by atoms with van der Waals surface area (Å²) in [5.41, 5.74) is 2.95. The highest BCUT2D eigenvalue weighted by molar-refractivity contribution is 5.37. The van der Waals surface area contributed by atoms with Gasteiger partial charge in [0.05, 0.1) is 18.2 Å². The SMILES string of the molecule is Cc1cc(C#N)ccc1CNC(C)CO. The minimum Gasteiger partial charge on any atom is -0.395 e. The monoisotopic (exact) mass is 204 g/mol. The molecule has 2 N–H and O–H groups in total. The Morgan fingerprint density at radius 3 is 2.80 bits per heavy atom. The third-order valence-corrected chi connectivity index (χ3v) is 2.39. The van der Waals surface area contributed by atoms with E-state index in [4.69, 9.17) is 10.4 Å². The van der Waals surface area contributed by atoms with Crippen molar-refractivity contribution >= 4 is 0 Å². The van der Waals surface area contributed by atoms with E-state index in [0.717, 1.165) is 17.7 Å². The fourth-order valence-electron chi connectivity index (χ4n) is 1.31. The van der Waals surface area contributed by atoms with Crippen LogP contribution in [0.3, 0.4) is 0 Å².